The van der Waals surface area contributed by atoms with Gasteiger partial charge in [0.05, 0.1) is 18.7 Å². The zero-order chi connectivity index (χ0) is 27.7. The van der Waals surface area contributed by atoms with Crippen LogP contribution in [0, 0.1) is 5.82 Å². The summed E-state index contributed by atoms with van der Waals surface area (Å²) < 4.78 is 34.1. The third kappa shape index (κ3) is 5.05. The minimum absolute atomic E-state index is 0.00406. The lowest BCUT2D eigenvalue weighted by Gasteiger charge is -2.32. The molecule has 2 aliphatic rings. The first-order valence-electron chi connectivity index (χ1n) is 12.6. The number of benzene rings is 3. The number of halogens is 2. The summed E-state index contributed by atoms with van der Waals surface area (Å²) in [7, 11) is 0. The third-order valence-corrected chi connectivity index (χ3v) is 7.56. The van der Waals surface area contributed by atoms with Gasteiger partial charge in [-0.2, -0.15) is 0 Å². The largest absolute Gasteiger partial charge is 0.488 e. The van der Waals surface area contributed by atoms with Gasteiger partial charge in [0.1, 0.15) is 18.5 Å². The highest BCUT2D eigenvalue weighted by molar-refractivity contribution is 6.34. The Balaban J connectivity index is 1.53. The summed E-state index contributed by atoms with van der Waals surface area (Å²) in [5, 5.41) is 0.226. The summed E-state index contributed by atoms with van der Waals surface area (Å²) in [6, 6.07) is 15.6. The van der Waals surface area contributed by atoms with E-state index in [-0.39, 0.29) is 41.0 Å². The average molecular weight is 554 g/mol. The number of rotatable bonds is 7. The Morgan fingerprint density at radius 1 is 1.15 bits per heavy atom. The van der Waals surface area contributed by atoms with Crippen LogP contribution in [0.25, 0.3) is 11.1 Å². The number of amides is 2. The molecule has 204 valence electrons. The van der Waals surface area contributed by atoms with E-state index >= 15 is 4.39 Å². The zero-order valence-electron chi connectivity index (χ0n) is 21.4. The van der Waals surface area contributed by atoms with Crippen LogP contribution in [0.2, 0.25) is 5.02 Å². The number of primary amides is 1. The maximum atomic E-state index is 16.2. The van der Waals surface area contributed by atoms with Crippen molar-refractivity contribution in [2.45, 2.75) is 25.0 Å². The predicted molar refractivity (Wildman–Crippen MR) is 144 cm³/mol. The molecule has 4 N–H and O–H groups in total. The maximum Gasteiger partial charge on any atom is 0.249 e. The molecule has 0 aliphatic carbocycles. The molecule has 1 saturated heterocycles. The maximum absolute atomic E-state index is 16.2. The Morgan fingerprint density at radius 3 is 2.62 bits per heavy atom. The highest BCUT2D eigenvalue weighted by atomic mass is 35.5. The van der Waals surface area contributed by atoms with Gasteiger partial charge in [-0.05, 0) is 29.8 Å². The van der Waals surface area contributed by atoms with E-state index in [1.54, 1.807) is 17.0 Å². The second-order valence-electron chi connectivity index (χ2n) is 9.68. The summed E-state index contributed by atoms with van der Waals surface area (Å²) in [6.07, 6.45) is -0.131. The number of hydrogen-bond donors (Lipinski definition) is 2. The van der Waals surface area contributed by atoms with Gasteiger partial charge in [0.15, 0.2) is 17.2 Å². The number of nitrogens with two attached hydrogens (primary N) is 2. The SMILES string of the molecule is CC(=O)N1CCO[C@@H](COc2ccc(C(N)=O)c(-c3c(Cl)ccc4c3C[C@@](CN)(c3ccccc3)O4)c2F)C1. The molecule has 10 heteroatoms. The number of carbonyl (C=O) groups is 2. The van der Waals surface area contributed by atoms with Crippen LogP contribution in [-0.2, 0) is 21.6 Å². The Labute approximate surface area is 230 Å². The van der Waals surface area contributed by atoms with Crippen molar-refractivity contribution in [3.8, 4) is 22.6 Å². The van der Waals surface area contributed by atoms with Gasteiger partial charge < -0.3 is 30.6 Å². The molecule has 8 nitrogen and oxygen atoms in total. The molecule has 0 bridgehead atoms. The molecule has 2 heterocycles. The molecule has 0 unspecified atom stereocenters. The van der Waals surface area contributed by atoms with Crippen LogP contribution >= 0.6 is 11.6 Å². The van der Waals surface area contributed by atoms with Crippen LogP contribution < -0.4 is 20.9 Å². The van der Waals surface area contributed by atoms with E-state index in [1.807, 2.05) is 30.3 Å². The van der Waals surface area contributed by atoms with Crippen molar-refractivity contribution in [1.29, 1.82) is 0 Å². The molecule has 0 saturated carbocycles. The topological polar surface area (TPSA) is 117 Å². The first-order valence-corrected chi connectivity index (χ1v) is 13.0. The van der Waals surface area contributed by atoms with Crippen LogP contribution in [0.3, 0.4) is 0 Å². The van der Waals surface area contributed by atoms with Crippen molar-refractivity contribution < 1.29 is 28.2 Å². The second kappa shape index (κ2) is 10.8. The molecule has 2 aliphatic heterocycles. The Kier molecular flexibility index (Phi) is 7.48. The summed E-state index contributed by atoms with van der Waals surface area (Å²) in [4.78, 5) is 25.8. The van der Waals surface area contributed by atoms with Crippen molar-refractivity contribution >= 4 is 23.4 Å². The predicted octanol–water partition coefficient (Wildman–Crippen LogP) is 3.66. The van der Waals surface area contributed by atoms with Crippen LogP contribution in [0.4, 0.5) is 4.39 Å². The van der Waals surface area contributed by atoms with Gasteiger partial charge in [0.2, 0.25) is 11.8 Å². The summed E-state index contributed by atoms with van der Waals surface area (Å²) in [5.41, 5.74) is 12.7. The fourth-order valence-corrected chi connectivity index (χ4v) is 5.49. The minimum atomic E-state index is -0.887. The lowest BCUT2D eigenvalue weighted by molar-refractivity contribution is -0.137. The molecule has 39 heavy (non-hydrogen) atoms. The van der Waals surface area contributed by atoms with E-state index in [1.165, 1.54) is 19.1 Å². The number of ether oxygens (including phenoxy) is 3. The molecular formula is C29H29ClFN3O5. The highest BCUT2D eigenvalue weighted by Crippen LogP contribution is 2.49. The molecule has 3 aromatic carbocycles. The number of fused-ring (bicyclic) bond motifs is 1. The van der Waals surface area contributed by atoms with Crippen LogP contribution in [-0.4, -0.2) is 55.7 Å². The smallest absolute Gasteiger partial charge is 0.249 e. The minimum Gasteiger partial charge on any atom is -0.488 e. The van der Waals surface area contributed by atoms with Gasteiger partial charge in [-0.1, -0.05) is 41.9 Å². The number of morpholine rings is 1. The molecule has 0 spiro atoms. The van der Waals surface area contributed by atoms with Crippen molar-refractivity contribution in [3.05, 3.63) is 82.1 Å². The molecule has 2 amide bonds. The number of hydrogen-bond acceptors (Lipinski definition) is 6. The lowest BCUT2D eigenvalue weighted by atomic mass is 9.85. The Hall–Kier alpha value is -3.66. The van der Waals surface area contributed by atoms with Gasteiger partial charge in [-0.25, -0.2) is 4.39 Å². The third-order valence-electron chi connectivity index (χ3n) is 7.25. The molecule has 5 rings (SSSR count). The van der Waals surface area contributed by atoms with Gasteiger partial charge in [-0.3, -0.25) is 9.59 Å². The fraction of sp³-hybridized carbons (Fsp3) is 0.310. The molecule has 0 radical (unpaired) electrons. The van der Waals surface area contributed by atoms with E-state index < -0.39 is 23.4 Å². The monoisotopic (exact) mass is 553 g/mol. The Bertz CT molecular complexity index is 1420. The summed E-state index contributed by atoms with van der Waals surface area (Å²) in [6.45, 7) is 2.84. The van der Waals surface area contributed by atoms with E-state index in [4.69, 9.17) is 37.3 Å². The average Bonchev–Trinajstić information content (AvgIpc) is 3.33. The van der Waals surface area contributed by atoms with E-state index in [9.17, 15) is 9.59 Å². The molecule has 2 atom stereocenters. The zero-order valence-corrected chi connectivity index (χ0v) is 22.2. The van der Waals surface area contributed by atoms with Crippen molar-refractivity contribution in [2.24, 2.45) is 11.5 Å². The summed E-state index contributed by atoms with van der Waals surface area (Å²) in [5.74, 6) is -1.28. The first-order chi connectivity index (χ1) is 18.7. The van der Waals surface area contributed by atoms with Gasteiger partial charge in [0.25, 0.3) is 0 Å². The standard InChI is InChI=1S/C29H29ClFN3O5/c1-17(35)34-11-12-37-19(14-34)15-38-24-9-7-20(28(33)36)26(27(24)31)25-21-13-29(16-32,18-5-3-2-4-6-18)39-23(21)10-8-22(25)30/h2-10,19H,11-16,32H2,1H3,(H2,33,36)/t19-,29-/m1/s1. The Morgan fingerprint density at radius 2 is 1.92 bits per heavy atom. The van der Waals surface area contributed by atoms with Crippen LogP contribution in [0.15, 0.2) is 54.6 Å². The van der Waals surface area contributed by atoms with Gasteiger partial charge in [0, 0.05) is 48.1 Å². The van der Waals surface area contributed by atoms with Crippen molar-refractivity contribution in [1.82, 2.24) is 4.90 Å². The van der Waals surface area contributed by atoms with E-state index in [2.05, 4.69) is 0 Å². The van der Waals surface area contributed by atoms with Crippen molar-refractivity contribution in [2.75, 3.05) is 32.8 Å². The van der Waals surface area contributed by atoms with Crippen molar-refractivity contribution in [3.63, 3.8) is 0 Å². The first kappa shape index (κ1) is 26.9. The van der Waals surface area contributed by atoms with E-state index in [0.29, 0.717) is 43.0 Å². The second-order valence-corrected chi connectivity index (χ2v) is 10.1. The number of carbonyl (C=O) groups excluding carboxylic acids is 2. The molecule has 3 aromatic rings. The molecule has 1 fully saturated rings. The highest BCUT2D eigenvalue weighted by Gasteiger charge is 2.42. The number of nitrogens with zero attached hydrogens (tertiary/aromatic N) is 1. The normalized spacial score (nSPS) is 20.3. The van der Waals surface area contributed by atoms with Crippen LogP contribution in [0.1, 0.15) is 28.4 Å². The van der Waals surface area contributed by atoms with Gasteiger partial charge in [-0.15, -0.1) is 0 Å². The molecule has 0 aromatic heterocycles. The molecular weight excluding hydrogens is 525 g/mol. The fourth-order valence-electron chi connectivity index (χ4n) is 5.22. The lowest BCUT2D eigenvalue weighted by Crippen LogP contribution is -2.46. The van der Waals surface area contributed by atoms with Crippen LogP contribution in [0.5, 0.6) is 11.5 Å². The quantitative estimate of drug-likeness (QED) is 0.461. The van der Waals surface area contributed by atoms with E-state index in [0.717, 1.165) is 5.56 Å². The van der Waals surface area contributed by atoms with Gasteiger partial charge >= 0.3 is 0 Å². The summed E-state index contributed by atoms with van der Waals surface area (Å²) >= 11 is 6.67.